The molecule has 27 heavy (non-hydrogen) atoms. The molecule has 136 valence electrons. The number of hydrogen-bond donors (Lipinski definition) is 1. The van der Waals surface area contributed by atoms with Gasteiger partial charge in [-0.25, -0.2) is 4.79 Å². The molecule has 0 amide bonds. The average Bonchev–Trinajstić information content (AvgIpc) is 3.03. The summed E-state index contributed by atoms with van der Waals surface area (Å²) in [4.78, 5) is 17.4. The standard InChI is InChI=1S/C22H18ClNO3/c1-13-9-14(11-15(23)10-13)22(2)12-20(24-27-22)18-7-8-19(21(25)26)17-6-4-3-5-16(17)18/h3-11H,12H2,1-2H3,(H,25,26). The van der Waals surface area contributed by atoms with E-state index in [1.807, 2.05) is 56.3 Å². The number of aromatic carboxylic acids is 1. The van der Waals surface area contributed by atoms with Crippen molar-refractivity contribution in [3.63, 3.8) is 0 Å². The smallest absolute Gasteiger partial charge is 0.336 e. The van der Waals surface area contributed by atoms with Crippen molar-refractivity contribution < 1.29 is 14.7 Å². The third-order valence-electron chi connectivity index (χ3n) is 4.98. The van der Waals surface area contributed by atoms with Gasteiger partial charge in [-0.3, -0.25) is 0 Å². The first-order valence-corrected chi connectivity index (χ1v) is 9.03. The van der Waals surface area contributed by atoms with E-state index in [1.165, 1.54) is 0 Å². The molecule has 0 aromatic heterocycles. The van der Waals surface area contributed by atoms with E-state index in [0.717, 1.165) is 27.8 Å². The Kier molecular flexibility index (Phi) is 4.16. The van der Waals surface area contributed by atoms with Crippen LogP contribution >= 0.6 is 11.6 Å². The van der Waals surface area contributed by atoms with Crippen LogP contribution in [0.25, 0.3) is 10.8 Å². The van der Waals surface area contributed by atoms with Gasteiger partial charge in [-0.2, -0.15) is 0 Å². The first-order chi connectivity index (χ1) is 12.9. The summed E-state index contributed by atoms with van der Waals surface area (Å²) in [7, 11) is 0. The highest BCUT2D eigenvalue weighted by Crippen LogP contribution is 2.38. The van der Waals surface area contributed by atoms with Crippen LogP contribution in [0.3, 0.4) is 0 Å². The number of carboxylic acid groups (broad SMARTS) is 1. The lowest BCUT2D eigenvalue weighted by Crippen LogP contribution is -2.22. The van der Waals surface area contributed by atoms with Crippen molar-refractivity contribution in [3.05, 3.63) is 81.9 Å². The summed E-state index contributed by atoms with van der Waals surface area (Å²) in [5, 5.41) is 16.0. The van der Waals surface area contributed by atoms with E-state index in [0.29, 0.717) is 16.8 Å². The lowest BCUT2D eigenvalue weighted by Gasteiger charge is -2.22. The number of halogens is 1. The number of hydrogen-bond acceptors (Lipinski definition) is 3. The Balaban J connectivity index is 1.76. The normalized spacial score (nSPS) is 19.0. The van der Waals surface area contributed by atoms with E-state index in [9.17, 15) is 9.90 Å². The maximum atomic E-state index is 11.5. The van der Waals surface area contributed by atoms with Crippen molar-refractivity contribution in [1.29, 1.82) is 0 Å². The highest BCUT2D eigenvalue weighted by Gasteiger charge is 2.37. The maximum absolute atomic E-state index is 11.5. The summed E-state index contributed by atoms with van der Waals surface area (Å²) in [6.07, 6.45) is 0.573. The van der Waals surface area contributed by atoms with Crippen LogP contribution in [0.4, 0.5) is 0 Å². The molecule has 4 nitrogen and oxygen atoms in total. The van der Waals surface area contributed by atoms with Crippen LogP contribution in [0.1, 0.15) is 40.4 Å². The molecule has 1 heterocycles. The highest BCUT2D eigenvalue weighted by molar-refractivity contribution is 6.30. The molecule has 4 rings (SSSR count). The van der Waals surface area contributed by atoms with Gasteiger partial charge < -0.3 is 9.94 Å². The van der Waals surface area contributed by atoms with Crippen LogP contribution in [-0.2, 0) is 10.4 Å². The molecule has 1 aliphatic rings. The summed E-state index contributed by atoms with van der Waals surface area (Å²) < 4.78 is 0. The molecule has 0 saturated carbocycles. The Morgan fingerprint density at radius 2 is 1.89 bits per heavy atom. The predicted octanol–water partition coefficient (Wildman–Crippen LogP) is 5.54. The van der Waals surface area contributed by atoms with Crippen LogP contribution in [0, 0.1) is 6.92 Å². The van der Waals surface area contributed by atoms with Gasteiger partial charge in [0.1, 0.15) is 0 Å². The Morgan fingerprint density at radius 3 is 2.59 bits per heavy atom. The first-order valence-electron chi connectivity index (χ1n) is 8.65. The molecule has 0 radical (unpaired) electrons. The Bertz CT molecular complexity index is 1090. The number of rotatable bonds is 3. The lowest BCUT2D eigenvalue weighted by molar-refractivity contribution is -0.00742. The molecule has 1 unspecified atom stereocenters. The fourth-order valence-electron chi connectivity index (χ4n) is 3.62. The second-order valence-electron chi connectivity index (χ2n) is 7.07. The summed E-state index contributed by atoms with van der Waals surface area (Å²) in [5.41, 5.74) is 3.38. The molecule has 0 bridgehead atoms. The molecule has 5 heteroatoms. The van der Waals surface area contributed by atoms with Crippen LogP contribution in [0.2, 0.25) is 5.02 Å². The Morgan fingerprint density at radius 1 is 1.15 bits per heavy atom. The zero-order chi connectivity index (χ0) is 19.2. The van der Waals surface area contributed by atoms with E-state index < -0.39 is 11.6 Å². The number of oxime groups is 1. The second-order valence-corrected chi connectivity index (χ2v) is 7.50. The number of fused-ring (bicyclic) bond motifs is 1. The van der Waals surface area contributed by atoms with Gasteiger partial charge in [0, 0.05) is 17.0 Å². The highest BCUT2D eigenvalue weighted by atomic mass is 35.5. The molecule has 1 aliphatic heterocycles. The van der Waals surface area contributed by atoms with Crippen molar-refractivity contribution in [2.24, 2.45) is 5.16 Å². The largest absolute Gasteiger partial charge is 0.478 e. The molecule has 0 saturated heterocycles. The van der Waals surface area contributed by atoms with E-state index in [2.05, 4.69) is 11.2 Å². The zero-order valence-corrected chi connectivity index (χ0v) is 15.7. The fourth-order valence-corrected chi connectivity index (χ4v) is 3.91. The van der Waals surface area contributed by atoms with Crippen molar-refractivity contribution in [3.8, 4) is 0 Å². The maximum Gasteiger partial charge on any atom is 0.336 e. The summed E-state index contributed by atoms with van der Waals surface area (Å²) in [6.45, 7) is 3.98. The molecular weight excluding hydrogens is 362 g/mol. The summed E-state index contributed by atoms with van der Waals surface area (Å²) in [6, 6.07) is 16.8. The minimum Gasteiger partial charge on any atom is -0.478 e. The van der Waals surface area contributed by atoms with Gasteiger partial charge in [-0.1, -0.05) is 53.2 Å². The third-order valence-corrected chi connectivity index (χ3v) is 5.20. The number of nitrogens with zero attached hydrogens (tertiary/aromatic N) is 1. The third kappa shape index (κ3) is 3.06. The van der Waals surface area contributed by atoms with E-state index in [4.69, 9.17) is 16.4 Å². The number of aryl methyl sites for hydroxylation is 1. The first kappa shape index (κ1) is 17.6. The molecule has 0 aliphatic carbocycles. The van der Waals surface area contributed by atoms with Crippen molar-refractivity contribution >= 4 is 34.1 Å². The molecule has 0 fully saturated rings. The molecule has 0 spiro atoms. The van der Waals surface area contributed by atoms with Gasteiger partial charge in [0.25, 0.3) is 0 Å². The van der Waals surface area contributed by atoms with E-state index in [-0.39, 0.29) is 5.56 Å². The molecule has 3 aromatic rings. The number of carbonyl (C=O) groups is 1. The predicted molar refractivity (Wildman–Crippen MR) is 107 cm³/mol. The van der Waals surface area contributed by atoms with Crippen LogP contribution in [0.15, 0.2) is 59.8 Å². The van der Waals surface area contributed by atoms with Gasteiger partial charge in [0.15, 0.2) is 5.60 Å². The molecular formula is C22H18ClNO3. The molecule has 1 atom stereocenters. The Labute approximate surface area is 162 Å². The van der Waals surface area contributed by atoms with Crippen molar-refractivity contribution in [2.45, 2.75) is 25.9 Å². The topological polar surface area (TPSA) is 58.9 Å². The number of benzene rings is 3. The summed E-state index contributed by atoms with van der Waals surface area (Å²) >= 11 is 6.22. The van der Waals surface area contributed by atoms with Crippen LogP contribution < -0.4 is 0 Å². The van der Waals surface area contributed by atoms with Crippen molar-refractivity contribution in [1.82, 2.24) is 0 Å². The van der Waals surface area contributed by atoms with Gasteiger partial charge >= 0.3 is 5.97 Å². The minimum atomic E-state index is -0.943. The van der Waals surface area contributed by atoms with Crippen LogP contribution in [0.5, 0.6) is 0 Å². The zero-order valence-electron chi connectivity index (χ0n) is 15.0. The van der Waals surface area contributed by atoms with Gasteiger partial charge in [-0.15, -0.1) is 0 Å². The van der Waals surface area contributed by atoms with Gasteiger partial charge in [0.2, 0.25) is 0 Å². The fraction of sp³-hybridized carbons (Fsp3) is 0.182. The molecule has 1 N–H and O–H groups in total. The number of carboxylic acids is 1. The average molecular weight is 380 g/mol. The van der Waals surface area contributed by atoms with Crippen molar-refractivity contribution in [2.75, 3.05) is 0 Å². The lowest BCUT2D eigenvalue weighted by atomic mass is 9.87. The van der Waals surface area contributed by atoms with E-state index >= 15 is 0 Å². The quantitative estimate of drug-likeness (QED) is 0.650. The van der Waals surface area contributed by atoms with Crippen LogP contribution in [-0.4, -0.2) is 16.8 Å². The SMILES string of the molecule is Cc1cc(Cl)cc(C2(C)CC(c3ccc(C(=O)O)c4ccccc34)=NO2)c1. The second kappa shape index (κ2) is 6.39. The monoisotopic (exact) mass is 379 g/mol. The van der Waals surface area contributed by atoms with E-state index in [1.54, 1.807) is 6.07 Å². The Hall–Kier alpha value is -2.85. The minimum absolute atomic E-state index is 0.280. The van der Waals surface area contributed by atoms with Gasteiger partial charge in [0.05, 0.1) is 11.3 Å². The van der Waals surface area contributed by atoms with Gasteiger partial charge in [-0.05, 0) is 53.9 Å². The molecule has 3 aromatic carbocycles. The summed E-state index contributed by atoms with van der Waals surface area (Å²) in [5.74, 6) is -0.943.